The third kappa shape index (κ3) is 4.69. The molecule has 1 amide bonds. The first kappa shape index (κ1) is 13.8. The summed E-state index contributed by atoms with van der Waals surface area (Å²) in [6.07, 6.45) is 3.00. The van der Waals surface area contributed by atoms with Crippen LogP contribution >= 0.6 is 0 Å². The van der Waals surface area contributed by atoms with E-state index in [9.17, 15) is 9.59 Å². The lowest BCUT2D eigenvalue weighted by atomic mass is 10.2. The average Bonchev–Trinajstić information content (AvgIpc) is 2.35. The summed E-state index contributed by atoms with van der Waals surface area (Å²) in [4.78, 5) is 22.0. The SMILES string of the molecule is CCOC(=O)/C=C/CNc1cccc(C(N)=O)c1. The maximum Gasteiger partial charge on any atom is 0.330 e. The first-order chi connectivity index (χ1) is 8.63. The van der Waals surface area contributed by atoms with E-state index in [4.69, 9.17) is 10.5 Å². The number of ether oxygens (including phenoxy) is 1. The van der Waals surface area contributed by atoms with Crippen LogP contribution in [0.2, 0.25) is 0 Å². The molecule has 0 aromatic heterocycles. The number of hydrogen-bond donors (Lipinski definition) is 2. The maximum absolute atomic E-state index is 11.0. The van der Waals surface area contributed by atoms with Crippen molar-refractivity contribution in [3.8, 4) is 0 Å². The van der Waals surface area contributed by atoms with E-state index in [1.54, 1.807) is 31.2 Å². The van der Waals surface area contributed by atoms with Gasteiger partial charge < -0.3 is 15.8 Å². The van der Waals surface area contributed by atoms with Crippen LogP contribution in [0.3, 0.4) is 0 Å². The van der Waals surface area contributed by atoms with Gasteiger partial charge in [0.05, 0.1) is 6.61 Å². The molecule has 0 heterocycles. The van der Waals surface area contributed by atoms with E-state index >= 15 is 0 Å². The fraction of sp³-hybridized carbons (Fsp3) is 0.231. The van der Waals surface area contributed by atoms with Gasteiger partial charge in [0.15, 0.2) is 0 Å². The average molecular weight is 248 g/mol. The predicted molar refractivity (Wildman–Crippen MR) is 69.2 cm³/mol. The number of benzene rings is 1. The minimum Gasteiger partial charge on any atom is -0.463 e. The molecule has 0 saturated heterocycles. The Morgan fingerprint density at radius 2 is 2.22 bits per heavy atom. The van der Waals surface area contributed by atoms with Crippen molar-refractivity contribution in [3.05, 3.63) is 42.0 Å². The van der Waals surface area contributed by atoms with Crippen molar-refractivity contribution in [3.63, 3.8) is 0 Å². The molecule has 1 aromatic carbocycles. The second-order valence-electron chi connectivity index (χ2n) is 3.48. The first-order valence-corrected chi connectivity index (χ1v) is 5.60. The fourth-order valence-corrected chi connectivity index (χ4v) is 1.30. The molecule has 3 N–H and O–H groups in total. The standard InChI is InChI=1S/C13H16N2O3/c1-2-18-12(16)7-4-8-15-11-6-3-5-10(9-11)13(14)17/h3-7,9,15H,2,8H2,1H3,(H2,14,17)/b7-4+. The van der Waals surface area contributed by atoms with Gasteiger partial charge in [0.25, 0.3) is 0 Å². The Morgan fingerprint density at radius 1 is 1.44 bits per heavy atom. The Hall–Kier alpha value is -2.30. The van der Waals surface area contributed by atoms with Gasteiger partial charge in [0.2, 0.25) is 5.91 Å². The van der Waals surface area contributed by atoms with Crippen molar-refractivity contribution in [2.45, 2.75) is 6.92 Å². The predicted octanol–water partition coefficient (Wildman–Crippen LogP) is 1.32. The van der Waals surface area contributed by atoms with E-state index < -0.39 is 5.91 Å². The van der Waals surface area contributed by atoms with Crippen molar-refractivity contribution in [2.24, 2.45) is 5.73 Å². The highest BCUT2D eigenvalue weighted by Crippen LogP contribution is 2.09. The van der Waals surface area contributed by atoms with Crippen molar-refractivity contribution in [2.75, 3.05) is 18.5 Å². The number of nitrogens with two attached hydrogens (primary N) is 1. The molecule has 0 fully saturated rings. The zero-order chi connectivity index (χ0) is 13.4. The van der Waals surface area contributed by atoms with Gasteiger partial charge in [0.1, 0.15) is 0 Å². The highest BCUT2D eigenvalue weighted by Gasteiger charge is 2.00. The Labute approximate surface area is 106 Å². The number of carbonyl (C=O) groups is 2. The lowest BCUT2D eigenvalue weighted by Gasteiger charge is -2.04. The maximum atomic E-state index is 11.0. The topological polar surface area (TPSA) is 81.4 Å². The van der Waals surface area contributed by atoms with Crippen LogP contribution in [0.25, 0.3) is 0 Å². The van der Waals surface area contributed by atoms with Crippen molar-refractivity contribution < 1.29 is 14.3 Å². The molecule has 0 unspecified atom stereocenters. The monoisotopic (exact) mass is 248 g/mol. The van der Waals surface area contributed by atoms with Gasteiger partial charge >= 0.3 is 5.97 Å². The molecule has 0 aliphatic rings. The van der Waals surface area contributed by atoms with E-state index in [0.717, 1.165) is 5.69 Å². The molecule has 0 bridgehead atoms. The van der Waals surface area contributed by atoms with Gasteiger partial charge in [-0.25, -0.2) is 4.79 Å². The quantitative estimate of drug-likeness (QED) is 0.587. The van der Waals surface area contributed by atoms with Crippen molar-refractivity contribution in [1.29, 1.82) is 0 Å². The van der Waals surface area contributed by atoms with Gasteiger partial charge in [-0.1, -0.05) is 12.1 Å². The summed E-state index contributed by atoms with van der Waals surface area (Å²) in [6.45, 7) is 2.57. The second kappa shape index (κ2) is 7.11. The summed E-state index contributed by atoms with van der Waals surface area (Å²) in [5.41, 5.74) is 6.37. The van der Waals surface area contributed by atoms with Gasteiger partial charge in [-0.2, -0.15) is 0 Å². The number of nitrogens with one attached hydrogen (secondary N) is 1. The van der Waals surface area contributed by atoms with Gasteiger partial charge in [0, 0.05) is 23.9 Å². The lowest BCUT2D eigenvalue weighted by Crippen LogP contribution is -2.11. The third-order valence-corrected chi connectivity index (χ3v) is 2.11. The molecular weight excluding hydrogens is 232 g/mol. The fourth-order valence-electron chi connectivity index (χ4n) is 1.30. The van der Waals surface area contributed by atoms with Crippen molar-refractivity contribution >= 4 is 17.6 Å². The lowest BCUT2D eigenvalue weighted by molar-refractivity contribution is -0.137. The van der Waals surface area contributed by atoms with Crippen LogP contribution in [0.15, 0.2) is 36.4 Å². The number of primary amides is 1. The Bertz CT molecular complexity index is 455. The molecule has 1 rings (SSSR count). The van der Waals surface area contributed by atoms with Crippen LogP contribution in [-0.4, -0.2) is 25.0 Å². The molecule has 0 radical (unpaired) electrons. The minimum absolute atomic E-state index is 0.358. The summed E-state index contributed by atoms with van der Waals surface area (Å²) < 4.78 is 4.73. The number of esters is 1. The summed E-state index contributed by atoms with van der Waals surface area (Å²) in [5.74, 6) is -0.842. The first-order valence-electron chi connectivity index (χ1n) is 5.60. The molecular formula is C13H16N2O3. The van der Waals surface area contributed by atoms with Gasteiger partial charge in [-0.05, 0) is 25.1 Å². The molecule has 5 heteroatoms. The molecule has 0 atom stereocenters. The number of anilines is 1. The number of rotatable bonds is 6. The van der Waals surface area contributed by atoms with E-state index in [1.165, 1.54) is 6.08 Å². The largest absolute Gasteiger partial charge is 0.463 e. The smallest absolute Gasteiger partial charge is 0.330 e. The summed E-state index contributed by atoms with van der Waals surface area (Å²) in [6, 6.07) is 6.84. The van der Waals surface area contributed by atoms with E-state index in [0.29, 0.717) is 18.7 Å². The van der Waals surface area contributed by atoms with Crippen molar-refractivity contribution in [1.82, 2.24) is 0 Å². The van der Waals surface area contributed by atoms with Crippen LogP contribution in [0, 0.1) is 0 Å². The zero-order valence-electron chi connectivity index (χ0n) is 10.2. The van der Waals surface area contributed by atoms with Gasteiger partial charge in [-0.3, -0.25) is 4.79 Å². The van der Waals surface area contributed by atoms with E-state index in [-0.39, 0.29) is 5.97 Å². The Balaban J connectivity index is 2.46. The number of amides is 1. The van der Waals surface area contributed by atoms with Crippen LogP contribution < -0.4 is 11.1 Å². The highest BCUT2D eigenvalue weighted by molar-refractivity contribution is 5.93. The normalized spacial score (nSPS) is 10.3. The molecule has 0 aliphatic heterocycles. The minimum atomic E-state index is -0.472. The van der Waals surface area contributed by atoms with Crippen LogP contribution in [0.5, 0.6) is 0 Å². The van der Waals surface area contributed by atoms with Crippen LogP contribution in [0.1, 0.15) is 17.3 Å². The highest BCUT2D eigenvalue weighted by atomic mass is 16.5. The Morgan fingerprint density at radius 3 is 2.89 bits per heavy atom. The molecule has 1 aromatic rings. The number of hydrogen-bond acceptors (Lipinski definition) is 4. The second-order valence-corrected chi connectivity index (χ2v) is 3.48. The molecule has 0 aliphatic carbocycles. The third-order valence-electron chi connectivity index (χ3n) is 2.11. The van der Waals surface area contributed by atoms with Gasteiger partial charge in [-0.15, -0.1) is 0 Å². The van der Waals surface area contributed by atoms with Crippen LogP contribution in [-0.2, 0) is 9.53 Å². The molecule has 5 nitrogen and oxygen atoms in total. The summed E-state index contributed by atoms with van der Waals surface area (Å²) in [7, 11) is 0. The van der Waals surface area contributed by atoms with E-state index in [2.05, 4.69) is 5.32 Å². The summed E-state index contributed by atoms with van der Waals surface area (Å²) in [5, 5.41) is 3.04. The van der Waals surface area contributed by atoms with E-state index in [1.807, 2.05) is 6.07 Å². The zero-order valence-corrected chi connectivity index (χ0v) is 10.2. The molecule has 18 heavy (non-hydrogen) atoms. The Kier molecular flexibility index (Phi) is 5.44. The number of carbonyl (C=O) groups excluding carboxylic acids is 2. The summed E-state index contributed by atoms with van der Waals surface area (Å²) >= 11 is 0. The molecule has 0 spiro atoms. The molecule has 0 saturated carbocycles. The van der Waals surface area contributed by atoms with Crippen LogP contribution in [0.4, 0.5) is 5.69 Å². The molecule has 96 valence electrons.